The number of benzene rings is 2. The van der Waals surface area contributed by atoms with Crippen LogP contribution in [-0.2, 0) is 11.3 Å². The third-order valence-electron chi connectivity index (χ3n) is 4.74. The average Bonchev–Trinajstić information content (AvgIpc) is 3.25. The minimum atomic E-state index is -0.400. The first-order valence-electron chi connectivity index (χ1n) is 8.63. The van der Waals surface area contributed by atoms with Crippen LogP contribution in [0.3, 0.4) is 0 Å². The molecule has 4 nitrogen and oxygen atoms in total. The molecule has 0 saturated heterocycles. The highest BCUT2D eigenvalue weighted by Crippen LogP contribution is 2.44. The summed E-state index contributed by atoms with van der Waals surface area (Å²) in [6.07, 6.45) is 1.58. The van der Waals surface area contributed by atoms with Crippen LogP contribution in [0.2, 0.25) is 0 Å². The second kappa shape index (κ2) is 7.08. The first kappa shape index (κ1) is 17.6. The van der Waals surface area contributed by atoms with Gasteiger partial charge in [0, 0.05) is 10.0 Å². The van der Waals surface area contributed by atoms with Gasteiger partial charge in [0.25, 0.3) is 5.91 Å². The maximum absolute atomic E-state index is 12.9. The number of carbonyl (C=O) groups excluding carboxylic acids is 1. The molecule has 2 aromatic carbocycles. The summed E-state index contributed by atoms with van der Waals surface area (Å²) in [6.45, 7) is 2.29. The van der Waals surface area contributed by atoms with Gasteiger partial charge in [-0.25, -0.2) is 0 Å². The van der Waals surface area contributed by atoms with Gasteiger partial charge in [0.05, 0.1) is 18.8 Å². The van der Waals surface area contributed by atoms with Gasteiger partial charge in [0.15, 0.2) is 5.76 Å². The van der Waals surface area contributed by atoms with Gasteiger partial charge in [-0.2, -0.15) is 0 Å². The van der Waals surface area contributed by atoms with Crippen LogP contribution < -0.4 is 0 Å². The van der Waals surface area contributed by atoms with Crippen molar-refractivity contribution in [2.24, 2.45) is 0 Å². The maximum Gasteiger partial charge on any atom is 0.290 e. The van der Waals surface area contributed by atoms with Crippen LogP contribution in [0.4, 0.5) is 0 Å². The zero-order valence-corrected chi connectivity index (χ0v) is 16.3. The van der Waals surface area contributed by atoms with E-state index in [9.17, 15) is 9.90 Å². The van der Waals surface area contributed by atoms with E-state index >= 15 is 0 Å². The van der Waals surface area contributed by atoms with Crippen molar-refractivity contribution >= 4 is 27.4 Å². The van der Waals surface area contributed by atoms with Crippen LogP contribution in [0.25, 0.3) is 5.57 Å². The van der Waals surface area contributed by atoms with Gasteiger partial charge in [-0.3, -0.25) is 4.79 Å². The highest BCUT2D eigenvalue weighted by molar-refractivity contribution is 9.10. The molecule has 0 fully saturated rings. The lowest BCUT2D eigenvalue weighted by Crippen LogP contribution is -2.29. The Hall–Kier alpha value is -2.79. The molecule has 5 heteroatoms. The third kappa shape index (κ3) is 3.30. The molecule has 1 aliphatic rings. The van der Waals surface area contributed by atoms with E-state index in [1.807, 2.05) is 61.5 Å². The summed E-state index contributed by atoms with van der Waals surface area (Å²) in [4.78, 5) is 14.6. The van der Waals surface area contributed by atoms with Crippen molar-refractivity contribution in [3.8, 4) is 0 Å². The lowest BCUT2D eigenvalue weighted by Gasteiger charge is -2.27. The van der Waals surface area contributed by atoms with Crippen molar-refractivity contribution in [2.45, 2.75) is 19.5 Å². The van der Waals surface area contributed by atoms with E-state index in [0.717, 1.165) is 21.2 Å². The summed E-state index contributed by atoms with van der Waals surface area (Å²) in [5, 5.41) is 10.7. The number of aryl methyl sites for hydroxylation is 1. The topological polar surface area (TPSA) is 53.7 Å². The average molecular weight is 424 g/mol. The predicted octanol–water partition coefficient (Wildman–Crippen LogP) is 5.40. The van der Waals surface area contributed by atoms with Crippen LogP contribution in [0.15, 0.2) is 81.6 Å². The maximum atomic E-state index is 12.9. The van der Waals surface area contributed by atoms with Crippen molar-refractivity contribution in [3.63, 3.8) is 0 Å². The smallest absolute Gasteiger partial charge is 0.290 e. The summed E-state index contributed by atoms with van der Waals surface area (Å²) in [6, 6.07) is 18.9. The zero-order valence-electron chi connectivity index (χ0n) is 14.7. The number of halogens is 1. The molecule has 1 aromatic heterocycles. The SMILES string of the molecule is Cc1ccc(C2=C(O)C(=O)N(Cc3ccco3)[C@H]2c2cccc(Br)c2)cc1. The molecule has 136 valence electrons. The molecule has 0 saturated carbocycles. The van der Waals surface area contributed by atoms with Gasteiger partial charge in [-0.15, -0.1) is 0 Å². The normalized spacial score (nSPS) is 17.0. The second-order valence-corrected chi connectivity index (χ2v) is 7.51. The lowest BCUT2D eigenvalue weighted by atomic mass is 9.93. The first-order chi connectivity index (χ1) is 13.0. The quantitative estimate of drug-likeness (QED) is 0.610. The number of nitrogens with zero attached hydrogens (tertiary/aromatic N) is 1. The predicted molar refractivity (Wildman–Crippen MR) is 107 cm³/mol. The Morgan fingerprint density at radius 1 is 1.11 bits per heavy atom. The molecular weight excluding hydrogens is 406 g/mol. The molecule has 2 heterocycles. The Bertz CT molecular complexity index is 1010. The van der Waals surface area contributed by atoms with Crippen molar-refractivity contribution in [2.75, 3.05) is 0 Å². The van der Waals surface area contributed by atoms with E-state index in [0.29, 0.717) is 11.3 Å². The van der Waals surface area contributed by atoms with Crippen LogP contribution in [0, 0.1) is 6.92 Å². The molecule has 0 unspecified atom stereocenters. The van der Waals surface area contributed by atoms with E-state index in [1.54, 1.807) is 17.2 Å². The molecule has 1 amide bonds. The van der Waals surface area contributed by atoms with E-state index in [1.165, 1.54) is 0 Å². The molecule has 0 aliphatic carbocycles. The molecule has 0 spiro atoms. The molecule has 1 N–H and O–H groups in total. The van der Waals surface area contributed by atoms with Gasteiger partial charge >= 0.3 is 0 Å². The Morgan fingerprint density at radius 3 is 2.56 bits per heavy atom. The number of hydrogen-bond acceptors (Lipinski definition) is 3. The number of carbonyl (C=O) groups is 1. The molecule has 1 aliphatic heterocycles. The highest BCUT2D eigenvalue weighted by Gasteiger charge is 2.41. The van der Waals surface area contributed by atoms with Crippen LogP contribution in [-0.4, -0.2) is 15.9 Å². The second-order valence-electron chi connectivity index (χ2n) is 6.60. The van der Waals surface area contributed by atoms with Gasteiger partial charge in [0.1, 0.15) is 5.76 Å². The number of aliphatic hydroxyl groups excluding tert-OH is 1. The lowest BCUT2D eigenvalue weighted by molar-refractivity contribution is -0.130. The number of hydrogen-bond donors (Lipinski definition) is 1. The Labute approximate surface area is 165 Å². The summed E-state index contributed by atoms with van der Waals surface area (Å²) in [5.41, 5.74) is 3.49. The third-order valence-corrected chi connectivity index (χ3v) is 5.23. The standard InChI is InChI=1S/C22H18BrNO3/c1-14-7-9-15(10-8-14)19-20(16-4-2-5-17(23)12-16)24(22(26)21(19)25)13-18-6-3-11-27-18/h2-12,20,25H,13H2,1H3/t20-/m0/s1. The van der Waals surface area contributed by atoms with Crippen LogP contribution >= 0.6 is 15.9 Å². The first-order valence-corrected chi connectivity index (χ1v) is 9.43. The molecule has 0 bridgehead atoms. The van der Waals surface area contributed by atoms with Crippen molar-refractivity contribution in [1.82, 2.24) is 4.90 Å². The number of amides is 1. The van der Waals surface area contributed by atoms with Crippen molar-refractivity contribution in [1.29, 1.82) is 0 Å². The molecule has 1 atom stereocenters. The van der Waals surface area contributed by atoms with Gasteiger partial charge in [0.2, 0.25) is 0 Å². The van der Waals surface area contributed by atoms with E-state index in [4.69, 9.17) is 4.42 Å². The Kier molecular flexibility index (Phi) is 4.62. The summed E-state index contributed by atoms with van der Waals surface area (Å²) in [5.74, 6) is 0.0589. The molecular formula is C22H18BrNO3. The van der Waals surface area contributed by atoms with E-state index in [2.05, 4.69) is 15.9 Å². The minimum Gasteiger partial charge on any atom is -0.503 e. The van der Waals surface area contributed by atoms with Gasteiger partial charge in [-0.05, 0) is 42.3 Å². The fourth-order valence-electron chi connectivity index (χ4n) is 3.44. The summed E-state index contributed by atoms with van der Waals surface area (Å²) >= 11 is 3.51. The van der Waals surface area contributed by atoms with Gasteiger partial charge in [-0.1, -0.05) is 57.9 Å². The largest absolute Gasteiger partial charge is 0.503 e. The number of aliphatic hydroxyl groups is 1. The highest BCUT2D eigenvalue weighted by atomic mass is 79.9. The Morgan fingerprint density at radius 2 is 1.89 bits per heavy atom. The molecule has 3 aromatic rings. The fourth-order valence-corrected chi connectivity index (χ4v) is 3.86. The van der Waals surface area contributed by atoms with E-state index in [-0.39, 0.29) is 12.3 Å². The fraction of sp³-hybridized carbons (Fsp3) is 0.136. The number of rotatable bonds is 4. The number of furan rings is 1. The van der Waals surface area contributed by atoms with Crippen molar-refractivity contribution in [3.05, 3.63) is 99.6 Å². The zero-order chi connectivity index (χ0) is 19.0. The molecule has 0 radical (unpaired) electrons. The van der Waals surface area contributed by atoms with Gasteiger partial charge < -0.3 is 14.4 Å². The van der Waals surface area contributed by atoms with Crippen LogP contribution in [0.5, 0.6) is 0 Å². The van der Waals surface area contributed by atoms with Crippen molar-refractivity contribution < 1.29 is 14.3 Å². The van der Waals surface area contributed by atoms with Crippen LogP contribution in [0.1, 0.15) is 28.5 Å². The monoisotopic (exact) mass is 423 g/mol. The minimum absolute atomic E-state index is 0.213. The molecule has 4 rings (SSSR count). The van der Waals surface area contributed by atoms with E-state index < -0.39 is 11.9 Å². The Balaban J connectivity index is 1.84. The summed E-state index contributed by atoms with van der Waals surface area (Å²) in [7, 11) is 0. The summed E-state index contributed by atoms with van der Waals surface area (Å²) < 4.78 is 6.36. The molecule has 27 heavy (non-hydrogen) atoms.